The smallest absolute Gasteiger partial charge is 0.254 e. The molecule has 1 fully saturated rings. The van der Waals surface area contributed by atoms with E-state index in [1.807, 2.05) is 30.9 Å². The number of carbonyl (C=O) groups excluding carboxylic acids is 1. The van der Waals surface area contributed by atoms with E-state index in [2.05, 4.69) is 4.98 Å². The van der Waals surface area contributed by atoms with Gasteiger partial charge in [0, 0.05) is 43.6 Å². The number of aromatic nitrogens is 1. The quantitative estimate of drug-likeness (QED) is 0.681. The van der Waals surface area contributed by atoms with Gasteiger partial charge in [0.25, 0.3) is 5.91 Å². The van der Waals surface area contributed by atoms with E-state index in [1.165, 1.54) is 10.4 Å². The predicted molar refractivity (Wildman–Crippen MR) is 108 cm³/mol. The highest BCUT2D eigenvalue weighted by molar-refractivity contribution is 7.89. The maximum Gasteiger partial charge on any atom is 0.254 e. The monoisotopic (exact) mass is 401 g/mol. The molecule has 0 unspecified atom stereocenters. The summed E-state index contributed by atoms with van der Waals surface area (Å²) in [7, 11) is -3.62. The highest BCUT2D eigenvalue weighted by Gasteiger charge is 2.34. The van der Waals surface area contributed by atoms with E-state index >= 15 is 0 Å². The minimum atomic E-state index is -3.62. The Morgan fingerprint density at radius 2 is 1.75 bits per heavy atom. The number of carbonyl (C=O) groups is 1. The van der Waals surface area contributed by atoms with Crippen molar-refractivity contribution in [3.63, 3.8) is 0 Å². The number of hydrogen-bond donors (Lipinski definition) is 0. The second-order valence-electron chi connectivity index (χ2n) is 7.09. The van der Waals surface area contributed by atoms with Crippen LogP contribution >= 0.6 is 0 Å². The maximum atomic E-state index is 13.2. The molecule has 1 saturated carbocycles. The Bertz CT molecular complexity index is 937. The van der Waals surface area contributed by atoms with E-state index in [1.54, 1.807) is 31.5 Å². The third-order valence-corrected chi connectivity index (χ3v) is 7.30. The lowest BCUT2D eigenvalue weighted by Gasteiger charge is -2.24. The SMILES string of the molecule is CCN(CC)S(=O)(=O)c1cc(C(=O)N(Cc2ccncc2)C2CC2)ccc1C. The van der Waals surface area contributed by atoms with Gasteiger partial charge in [-0.3, -0.25) is 9.78 Å². The number of hydrogen-bond acceptors (Lipinski definition) is 4. The highest BCUT2D eigenvalue weighted by Crippen LogP contribution is 2.31. The second-order valence-corrected chi connectivity index (χ2v) is 9.00. The van der Waals surface area contributed by atoms with Gasteiger partial charge < -0.3 is 4.90 Å². The normalized spacial score (nSPS) is 14.3. The number of aryl methyl sites for hydroxylation is 1. The molecule has 0 radical (unpaired) electrons. The van der Waals surface area contributed by atoms with Gasteiger partial charge in [0.2, 0.25) is 10.0 Å². The third-order valence-electron chi connectivity index (χ3n) is 5.11. The van der Waals surface area contributed by atoms with Crippen LogP contribution in [-0.2, 0) is 16.6 Å². The molecule has 0 N–H and O–H groups in total. The van der Waals surface area contributed by atoms with Gasteiger partial charge in [-0.05, 0) is 55.2 Å². The fourth-order valence-electron chi connectivity index (χ4n) is 3.32. The molecule has 3 rings (SSSR count). The molecule has 1 heterocycles. The zero-order valence-corrected chi connectivity index (χ0v) is 17.4. The van der Waals surface area contributed by atoms with Crippen molar-refractivity contribution in [1.29, 1.82) is 0 Å². The van der Waals surface area contributed by atoms with Crippen molar-refractivity contribution in [3.05, 3.63) is 59.4 Å². The third kappa shape index (κ3) is 4.25. The Kier molecular flexibility index (Phi) is 6.15. The van der Waals surface area contributed by atoms with E-state index in [0.717, 1.165) is 18.4 Å². The summed E-state index contributed by atoms with van der Waals surface area (Å²) in [6.07, 6.45) is 5.39. The Hall–Kier alpha value is -2.25. The first-order chi connectivity index (χ1) is 13.4. The lowest BCUT2D eigenvalue weighted by molar-refractivity contribution is 0.0729. The molecule has 7 heteroatoms. The molecule has 1 aromatic carbocycles. The molecule has 1 amide bonds. The summed E-state index contributed by atoms with van der Waals surface area (Å²) in [6, 6.07) is 8.99. The van der Waals surface area contributed by atoms with Crippen LogP contribution in [0.2, 0.25) is 0 Å². The number of pyridine rings is 1. The number of nitrogens with zero attached hydrogens (tertiary/aromatic N) is 3. The largest absolute Gasteiger partial charge is 0.331 e. The summed E-state index contributed by atoms with van der Waals surface area (Å²) >= 11 is 0. The topological polar surface area (TPSA) is 70.6 Å². The van der Waals surface area contributed by atoms with Crippen LogP contribution in [0.15, 0.2) is 47.6 Å². The minimum Gasteiger partial charge on any atom is -0.331 e. The maximum absolute atomic E-state index is 13.2. The number of rotatable bonds is 8. The average molecular weight is 402 g/mol. The van der Waals surface area contributed by atoms with Crippen LogP contribution in [-0.4, -0.2) is 47.6 Å². The molecule has 28 heavy (non-hydrogen) atoms. The molecular formula is C21H27N3O3S. The van der Waals surface area contributed by atoms with Crippen LogP contribution in [0.4, 0.5) is 0 Å². The van der Waals surface area contributed by atoms with Crippen molar-refractivity contribution in [3.8, 4) is 0 Å². The molecule has 150 valence electrons. The molecule has 2 aromatic rings. The van der Waals surface area contributed by atoms with Crippen molar-refractivity contribution in [1.82, 2.24) is 14.2 Å². The van der Waals surface area contributed by atoms with Crippen LogP contribution in [0.1, 0.15) is 48.2 Å². The van der Waals surface area contributed by atoms with Crippen molar-refractivity contribution in [2.45, 2.75) is 51.1 Å². The van der Waals surface area contributed by atoms with Gasteiger partial charge in [-0.2, -0.15) is 4.31 Å². The van der Waals surface area contributed by atoms with E-state index in [4.69, 9.17) is 0 Å². The summed E-state index contributed by atoms with van der Waals surface area (Å²) in [5, 5.41) is 0. The zero-order valence-electron chi connectivity index (χ0n) is 16.6. The molecule has 0 bridgehead atoms. The van der Waals surface area contributed by atoms with E-state index in [9.17, 15) is 13.2 Å². The number of sulfonamides is 1. The Labute approximate surface area is 167 Å². The highest BCUT2D eigenvalue weighted by atomic mass is 32.2. The van der Waals surface area contributed by atoms with Crippen LogP contribution in [0, 0.1) is 6.92 Å². The Balaban J connectivity index is 1.93. The average Bonchev–Trinajstić information content (AvgIpc) is 3.52. The zero-order chi connectivity index (χ0) is 20.3. The van der Waals surface area contributed by atoms with E-state index in [0.29, 0.717) is 30.8 Å². The second kappa shape index (κ2) is 8.41. The molecule has 1 aromatic heterocycles. The first-order valence-corrected chi connectivity index (χ1v) is 11.1. The lowest BCUT2D eigenvalue weighted by Crippen LogP contribution is -2.33. The van der Waals surface area contributed by atoms with Gasteiger partial charge in [-0.15, -0.1) is 0 Å². The molecule has 6 nitrogen and oxygen atoms in total. The Morgan fingerprint density at radius 1 is 1.11 bits per heavy atom. The number of benzene rings is 1. The summed E-state index contributed by atoms with van der Waals surface area (Å²) in [5.74, 6) is -0.129. The van der Waals surface area contributed by atoms with Crippen molar-refractivity contribution in [2.24, 2.45) is 0 Å². The van der Waals surface area contributed by atoms with Gasteiger partial charge in [0.15, 0.2) is 0 Å². The number of amides is 1. The first-order valence-electron chi connectivity index (χ1n) is 9.69. The van der Waals surface area contributed by atoms with Gasteiger partial charge in [0.1, 0.15) is 0 Å². The molecule has 0 aliphatic heterocycles. The lowest BCUT2D eigenvalue weighted by atomic mass is 10.1. The van der Waals surface area contributed by atoms with Crippen LogP contribution < -0.4 is 0 Å². The standard InChI is InChI=1S/C21H27N3O3S/c1-4-23(5-2)28(26,27)20-14-18(7-6-16(20)3)21(25)24(19-8-9-19)15-17-10-12-22-13-11-17/h6-7,10-14,19H,4-5,8-9,15H2,1-3H3. The fourth-order valence-corrected chi connectivity index (χ4v) is 5.03. The van der Waals surface area contributed by atoms with Gasteiger partial charge in [-0.25, -0.2) is 8.42 Å². The molecular weight excluding hydrogens is 374 g/mol. The van der Waals surface area contributed by atoms with Crippen LogP contribution in [0.3, 0.4) is 0 Å². The molecule has 0 saturated heterocycles. The minimum absolute atomic E-state index is 0.129. The van der Waals surface area contributed by atoms with Crippen LogP contribution in [0.5, 0.6) is 0 Å². The van der Waals surface area contributed by atoms with E-state index in [-0.39, 0.29) is 16.8 Å². The Morgan fingerprint density at radius 3 is 2.32 bits per heavy atom. The fraction of sp³-hybridized carbons (Fsp3) is 0.429. The van der Waals surface area contributed by atoms with Crippen molar-refractivity contribution < 1.29 is 13.2 Å². The summed E-state index contributed by atoms with van der Waals surface area (Å²) in [5.41, 5.74) is 2.08. The predicted octanol–water partition coefficient (Wildman–Crippen LogP) is 3.23. The van der Waals surface area contributed by atoms with E-state index < -0.39 is 10.0 Å². The first kappa shape index (κ1) is 20.5. The molecule has 0 spiro atoms. The molecule has 1 aliphatic carbocycles. The summed E-state index contributed by atoms with van der Waals surface area (Å²) < 4.78 is 27.4. The summed E-state index contributed by atoms with van der Waals surface area (Å²) in [4.78, 5) is 19.3. The molecule has 0 atom stereocenters. The van der Waals surface area contributed by atoms with Gasteiger partial charge >= 0.3 is 0 Å². The van der Waals surface area contributed by atoms with Gasteiger partial charge in [0.05, 0.1) is 4.90 Å². The summed E-state index contributed by atoms with van der Waals surface area (Å²) in [6.45, 7) is 6.68. The van der Waals surface area contributed by atoms with Crippen LogP contribution in [0.25, 0.3) is 0 Å². The van der Waals surface area contributed by atoms with Crippen molar-refractivity contribution >= 4 is 15.9 Å². The molecule has 1 aliphatic rings. The van der Waals surface area contributed by atoms with Crippen molar-refractivity contribution in [2.75, 3.05) is 13.1 Å². The van der Waals surface area contributed by atoms with Gasteiger partial charge in [-0.1, -0.05) is 19.9 Å².